The Balaban J connectivity index is 0.854. The molecule has 0 fully saturated rings. The van der Waals surface area contributed by atoms with Gasteiger partial charge in [-0.25, -0.2) is 29.9 Å². The van der Waals surface area contributed by atoms with E-state index in [4.69, 9.17) is 29.9 Å². The van der Waals surface area contributed by atoms with E-state index in [9.17, 15) is 0 Å². The summed E-state index contributed by atoms with van der Waals surface area (Å²) in [4.78, 5) is 71.6. The number of benzene rings is 1. The standard InChI is InChI=1S/C129H135N15/c1-7-13-19-25-31-37-94-103-49-55-115(133-103)100(116-56-50-104(134-116)95(38-32-26-20-14-8-2)110-62-68-122(140-110)127(91-73-79-130-80-74-91)121-67-61-109(94)139-121)46-43-88-85-89(44-47-101-117-57-51-105(135-117)96(39-33-27-21-15-9-3)111-63-69-123(141-111)128(92-75-81-131-82-76-92)124-70-64-112(142-124)97(40-34-28-22-16-10-4)106-52-58-118(101)136-106)87-90(86-88)45-48-102-119-59-53-107(137-119)98(41-35-29-23-17-11-5)113-65-71-125(143-113)129(93-77-83-132-84-78-93)126-72-66-114(144-126)99(42-36-30-24-18-12-6)108-54-60-120(102)138-108/h49-87,133,135,137,140,142,144H,7-42H2,1-6H3. The fourth-order valence-electron chi connectivity index (χ4n) is 21.1. The summed E-state index contributed by atoms with van der Waals surface area (Å²) in [5.74, 6) is 23.2. The Hall–Kier alpha value is -14.9. The number of nitrogens with one attached hydrogen (secondary N) is 6. The van der Waals surface area contributed by atoms with Crippen molar-refractivity contribution in [2.24, 2.45) is 0 Å². The van der Waals surface area contributed by atoms with Crippen molar-refractivity contribution in [3.63, 3.8) is 0 Å². The van der Waals surface area contributed by atoms with E-state index in [0.717, 1.165) is 350 Å². The second-order valence-electron chi connectivity index (χ2n) is 39.4. The molecule has 24 bridgehead atoms. The van der Waals surface area contributed by atoms with Crippen molar-refractivity contribution in [3.05, 3.63) is 300 Å². The molecule has 144 heavy (non-hydrogen) atoms. The molecule has 15 nitrogen and oxygen atoms in total. The molecule has 15 heteroatoms. The van der Waals surface area contributed by atoms with Gasteiger partial charge in [0.15, 0.2) is 0 Å². The molecular formula is C129H135N15. The first-order valence-corrected chi connectivity index (χ1v) is 54.0. The Morgan fingerprint density at radius 2 is 0.361 bits per heavy atom. The van der Waals surface area contributed by atoms with E-state index < -0.39 is 0 Å². The van der Waals surface area contributed by atoms with E-state index >= 15 is 0 Å². The third kappa shape index (κ3) is 23.4. The number of H-pyrrole nitrogens is 6. The van der Waals surface area contributed by atoms with E-state index in [-0.39, 0.29) is 0 Å². The van der Waals surface area contributed by atoms with Crippen molar-refractivity contribution in [1.29, 1.82) is 0 Å². The van der Waals surface area contributed by atoms with E-state index in [1.54, 1.807) is 0 Å². The van der Waals surface area contributed by atoms with Gasteiger partial charge in [0, 0.05) is 154 Å². The van der Waals surface area contributed by atoms with Crippen LogP contribution in [0.4, 0.5) is 0 Å². The highest BCUT2D eigenvalue weighted by atomic mass is 14.8. The van der Waals surface area contributed by atoms with Gasteiger partial charge in [0.25, 0.3) is 0 Å². The molecule has 726 valence electrons. The van der Waals surface area contributed by atoms with Gasteiger partial charge >= 0.3 is 0 Å². The molecule has 0 amide bonds. The zero-order valence-electron chi connectivity index (χ0n) is 85.0. The van der Waals surface area contributed by atoms with E-state index in [1.165, 1.54) is 116 Å². The van der Waals surface area contributed by atoms with Gasteiger partial charge in [0.1, 0.15) is 0 Å². The summed E-state index contributed by atoms with van der Waals surface area (Å²) in [6.45, 7) is 13.7. The van der Waals surface area contributed by atoms with E-state index in [2.05, 4.69) is 322 Å². The number of unbranched alkanes of at least 4 members (excludes halogenated alkanes) is 24. The van der Waals surface area contributed by atoms with Gasteiger partial charge in [-0.15, -0.1) is 0 Å². The van der Waals surface area contributed by atoms with Crippen molar-refractivity contribution in [3.8, 4) is 68.9 Å². The molecular weight excluding hydrogens is 1760 g/mol. The first-order chi connectivity index (χ1) is 71.1. The lowest BCUT2D eigenvalue weighted by Gasteiger charge is -2.06. The van der Waals surface area contributed by atoms with Crippen molar-refractivity contribution in [1.82, 2.24) is 74.8 Å². The van der Waals surface area contributed by atoms with Gasteiger partial charge < -0.3 is 29.9 Å². The zero-order valence-corrected chi connectivity index (χ0v) is 85.0. The molecule has 13 aromatic rings. The summed E-state index contributed by atoms with van der Waals surface area (Å²) >= 11 is 0. The third-order valence-electron chi connectivity index (χ3n) is 28.9. The molecule has 0 spiro atoms. The van der Waals surface area contributed by atoms with Crippen LogP contribution in [0.5, 0.6) is 0 Å². The smallest absolute Gasteiger partial charge is 0.0815 e. The topological polar surface area (TPSA) is 211 Å². The lowest BCUT2D eigenvalue weighted by Crippen LogP contribution is -1.94. The Bertz CT molecular complexity index is 7030. The maximum atomic E-state index is 5.74. The highest BCUT2D eigenvalue weighted by Crippen LogP contribution is 2.40. The molecule has 6 aliphatic heterocycles. The minimum atomic E-state index is 0.731. The molecule has 0 atom stereocenters. The first-order valence-electron chi connectivity index (χ1n) is 54.0. The quantitative estimate of drug-likeness (QED) is 0.0160. The summed E-state index contributed by atoms with van der Waals surface area (Å²) in [5, 5.41) is 0. The molecule has 0 saturated carbocycles. The van der Waals surface area contributed by atoms with Gasteiger partial charge in [0.05, 0.1) is 102 Å². The minimum absolute atomic E-state index is 0.731. The van der Waals surface area contributed by atoms with Crippen LogP contribution < -0.4 is 0 Å². The predicted octanol–water partition coefficient (Wildman–Crippen LogP) is 33.1. The fraction of sp³-hybridized carbons (Fsp3) is 0.326. The minimum Gasteiger partial charge on any atom is -0.355 e. The van der Waals surface area contributed by atoms with Crippen LogP contribution in [0.3, 0.4) is 0 Å². The third-order valence-corrected chi connectivity index (χ3v) is 28.9. The Morgan fingerprint density at radius 3 is 0.583 bits per heavy atom. The van der Waals surface area contributed by atoms with Crippen LogP contribution in [0.2, 0.25) is 0 Å². The maximum absolute atomic E-state index is 5.74. The molecule has 0 radical (unpaired) electrons. The second-order valence-corrected chi connectivity index (χ2v) is 39.4. The number of hydrogen-bond acceptors (Lipinski definition) is 9. The SMILES string of the molecule is CCCCCCCc1c2nc(c(-c3ccncc3)c3ccc([nH]3)c(CCCCCCC)c3nc(c(C#Cc4cc(C#Cc5c6nc(c(CCCCCCC)c7ccc([nH]7)c(-c7ccncc7)c7nc(c(CCCCCCC)c8ccc5[nH]8)C=C7)C=C6)cc(C#Cc5c6nc(c(CCCCCCC)c7ccc([nH]7)c(-c7ccncc7)c7nc(c(CCCCCCC)c8ccc5[nH]8)C=C7)C=C6)c4)c4ccc1[nH]4)C=C3)C=C2. The molecule has 0 aliphatic carbocycles. The number of rotatable bonds is 39. The highest BCUT2D eigenvalue weighted by Gasteiger charge is 2.24. The average molecular weight is 1900 g/mol. The number of aromatic nitrogens is 15. The summed E-state index contributed by atoms with van der Waals surface area (Å²) in [6, 6.07) is 45.7. The fourth-order valence-corrected chi connectivity index (χ4v) is 21.1. The molecule has 12 aromatic heterocycles. The van der Waals surface area contributed by atoms with Crippen molar-refractivity contribution in [2.75, 3.05) is 0 Å². The molecule has 1 aromatic carbocycles. The highest BCUT2D eigenvalue weighted by molar-refractivity contribution is 5.97. The molecule has 18 heterocycles. The Labute approximate surface area is 849 Å². The number of fused-ring (bicyclic) bond motifs is 24. The monoisotopic (exact) mass is 1890 g/mol. The Kier molecular flexibility index (Phi) is 32.8. The summed E-state index contributed by atoms with van der Waals surface area (Å²) in [6.07, 6.45) is 76.8. The lowest BCUT2D eigenvalue weighted by atomic mass is 10.0. The molecule has 0 saturated heterocycles. The van der Waals surface area contributed by atoms with Crippen LogP contribution in [0.1, 0.15) is 369 Å². The predicted molar refractivity (Wildman–Crippen MR) is 605 cm³/mol. The number of pyridine rings is 3. The summed E-state index contributed by atoms with van der Waals surface area (Å²) in [5.41, 5.74) is 40.0. The van der Waals surface area contributed by atoms with Gasteiger partial charge in [-0.3, -0.25) is 15.0 Å². The maximum Gasteiger partial charge on any atom is 0.0815 e. The van der Waals surface area contributed by atoms with Gasteiger partial charge in [-0.1, -0.05) is 231 Å². The second kappa shape index (κ2) is 48.3. The number of nitrogens with zero attached hydrogens (tertiary/aromatic N) is 9. The molecule has 6 N–H and O–H groups in total. The normalized spacial score (nSPS) is 12.2. The van der Waals surface area contributed by atoms with E-state index in [1.807, 2.05) is 37.2 Å². The van der Waals surface area contributed by atoms with Crippen LogP contribution in [-0.4, -0.2) is 74.8 Å². The van der Waals surface area contributed by atoms with Gasteiger partial charge in [-0.05, 0) is 294 Å². The Morgan fingerprint density at radius 1 is 0.181 bits per heavy atom. The zero-order chi connectivity index (χ0) is 98.1. The van der Waals surface area contributed by atoms with Crippen molar-refractivity contribution < 1.29 is 0 Å². The van der Waals surface area contributed by atoms with Gasteiger partial charge in [0.2, 0.25) is 0 Å². The van der Waals surface area contributed by atoms with Crippen LogP contribution in [-0.2, 0) is 38.5 Å². The number of aryl methyl sites for hydroxylation is 6. The van der Waals surface area contributed by atoms with Crippen LogP contribution in [0.15, 0.2) is 165 Å². The molecule has 6 aliphatic rings. The van der Waals surface area contributed by atoms with Crippen LogP contribution in [0.25, 0.3) is 172 Å². The van der Waals surface area contributed by atoms with E-state index in [0.29, 0.717) is 0 Å². The number of aromatic amines is 6. The van der Waals surface area contributed by atoms with Crippen molar-refractivity contribution >= 4 is 139 Å². The first kappa shape index (κ1) is 98.0. The summed E-state index contributed by atoms with van der Waals surface area (Å²) in [7, 11) is 0. The van der Waals surface area contributed by atoms with Gasteiger partial charge in [-0.2, -0.15) is 0 Å². The van der Waals surface area contributed by atoms with Crippen LogP contribution >= 0.6 is 0 Å². The largest absolute Gasteiger partial charge is 0.355 e. The molecule has 0 unspecified atom stereocenters. The average Bonchev–Trinajstić information content (AvgIpc) is 1.63. The van der Waals surface area contributed by atoms with Crippen molar-refractivity contribution in [2.45, 2.75) is 273 Å². The van der Waals surface area contributed by atoms with Crippen LogP contribution in [0, 0.1) is 35.5 Å². The molecule has 19 rings (SSSR count). The summed E-state index contributed by atoms with van der Waals surface area (Å²) < 4.78 is 0. The lowest BCUT2D eigenvalue weighted by molar-refractivity contribution is 0.632. The number of hydrogen-bond donors (Lipinski definition) is 6.